The van der Waals surface area contributed by atoms with Gasteiger partial charge in [0.25, 0.3) is 0 Å². The van der Waals surface area contributed by atoms with Gasteiger partial charge in [0.05, 0.1) is 5.92 Å². The Balaban J connectivity index is 1.82. The molecule has 4 nitrogen and oxygen atoms in total. The summed E-state index contributed by atoms with van der Waals surface area (Å²) < 4.78 is 0. The predicted molar refractivity (Wildman–Crippen MR) is 85.0 cm³/mol. The molecule has 4 heteroatoms. The molecule has 1 unspecified atom stereocenters. The van der Waals surface area contributed by atoms with Gasteiger partial charge in [0.15, 0.2) is 0 Å². The van der Waals surface area contributed by atoms with Crippen molar-refractivity contribution in [3.05, 3.63) is 41.5 Å². The number of hydrogen-bond acceptors (Lipinski definition) is 2. The van der Waals surface area contributed by atoms with Crippen LogP contribution in [0.4, 0.5) is 5.69 Å². The van der Waals surface area contributed by atoms with Crippen LogP contribution in [-0.2, 0) is 9.59 Å². The van der Waals surface area contributed by atoms with E-state index in [1.807, 2.05) is 24.3 Å². The molecule has 2 aliphatic rings. The molecular formula is C18H21NO3. The van der Waals surface area contributed by atoms with E-state index in [1.54, 1.807) is 4.90 Å². The molecule has 116 valence electrons. The van der Waals surface area contributed by atoms with Crippen LogP contribution in [0.25, 0.3) is 0 Å². The van der Waals surface area contributed by atoms with E-state index in [0.29, 0.717) is 19.4 Å². The maximum atomic E-state index is 12.6. The largest absolute Gasteiger partial charge is 0.481 e. The highest BCUT2D eigenvalue weighted by Gasteiger charge is 2.32. The minimum absolute atomic E-state index is 0.0874. The minimum Gasteiger partial charge on any atom is -0.481 e. The topological polar surface area (TPSA) is 57.6 Å². The quantitative estimate of drug-likeness (QED) is 0.869. The first-order valence-electron chi connectivity index (χ1n) is 7.97. The number of carbonyl (C=O) groups is 2. The lowest BCUT2D eigenvalue weighted by molar-refractivity contribution is -0.139. The molecule has 1 aromatic carbocycles. The number of carboxylic acid groups (broad SMARTS) is 1. The van der Waals surface area contributed by atoms with Crippen LogP contribution in [0, 0.1) is 0 Å². The van der Waals surface area contributed by atoms with Crippen molar-refractivity contribution in [1.29, 1.82) is 0 Å². The number of carbonyl (C=O) groups excluding carboxylic acids is 1. The van der Waals surface area contributed by atoms with Gasteiger partial charge in [0.1, 0.15) is 0 Å². The number of aliphatic carboxylic acids is 1. The zero-order chi connectivity index (χ0) is 15.5. The van der Waals surface area contributed by atoms with Crippen LogP contribution in [0.3, 0.4) is 0 Å². The average molecular weight is 299 g/mol. The van der Waals surface area contributed by atoms with Crippen molar-refractivity contribution in [1.82, 2.24) is 0 Å². The zero-order valence-corrected chi connectivity index (χ0v) is 12.6. The molecular weight excluding hydrogens is 278 g/mol. The lowest BCUT2D eigenvalue weighted by Crippen LogP contribution is -2.38. The minimum atomic E-state index is -0.811. The van der Waals surface area contributed by atoms with E-state index in [1.165, 1.54) is 12.0 Å². The number of hydrogen-bond donors (Lipinski definition) is 1. The van der Waals surface area contributed by atoms with Crippen LogP contribution in [0.5, 0.6) is 0 Å². The fourth-order valence-corrected chi connectivity index (χ4v) is 3.43. The van der Waals surface area contributed by atoms with E-state index < -0.39 is 11.9 Å². The Morgan fingerprint density at radius 3 is 2.77 bits per heavy atom. The maximum absolute atomic E-state index is 12.6. The van der Waals surface area contributed by atoms with Gasteiger partial charge >= 0.3 is 5.97 Å². The van der Waals surface area contributed by atoms with E-state index in [2.05, 4.69) is 6.08 Å². The van der Waals surface area contributed by atoms with Crippen LogP contribution in [0.1, 0.15) is 50.0 Å². The molecule has 0 spiro atoms. The van der Waals surface area contributed by atoms with Crippen LogP contribution in [0.2, 0.25) is 0 Å². The third kappa shape index (κ3) is 2.91. The summed E-state index contributed by atoms with van der Waals surface area (Å²) in [7, 11) is 0. The van der Waals surface area contributed by atoms with E-state index in [4.69, 9.17) is 0 Å². The Hall–Kier alpha value is -2.10. The van der Waals surface area contributed by atoms with E-state index in [-0.39, 0.29) is 5.91 Å². The molecule has 3 rings (SSSR count). The second kappa shape index (κ2) is 6.34. The van der Waals surface area contributed by atoms with Crippen LogP contribution >= 0.6 is 0 Å². The molecule has 22 heavy (non-hydrogen) atoms. The first-order valence-corrected chi connectivity index (χ1v) is 7.97. The Bertz CT molecular complexity index is 621. The summed E-state index contributed by atoms with van der Waals surface area (Å²) in [5, 5.41) is 9.36. The molecule has 0 bridgehead atoms. The van der Waals surface area contributed by atoms with Crippen LogP contribution in [0.15, 0.2) is 35.9 Å². The third-order valence-corrected chi connectivity index (χ3v) is 4.61. The van der Waals surface area contributed by atoms with Gasteiger partial charge in [0, 0.05) is 18.7 Å². The number of fused-ring (bicyclic) bond motifs is 1. The van der Waals surface area contributed by atoms with Gasteiger partial charge in [0.2, 0.25) is 5.91 Å². The number of para-hydroxylation sites is 1. The maximum Gasteiger partial charge on any atom is 0.311 e. The highest BCUT2D eigenvalue weighted by Crippen LogP contribution is 2.36. The summed E-state index contributed by atoms with van der Waals surface area (Å²) >= 11 is 0. The molecule has 1 aliphatic heterocycles. The number of benzene rings is 1. The number of carboxylic acids is 1. The molecule has 1 aliphatic carbocycles. The molecule has 0 radical (unpaired) electrons. The first kappa shape index (κ1) is 14.8. The normalized spacial score (nSPS) is 21.0. The SMILES string of the molecule is O=C(O)C1CCN(C(=O)CC2=CCCCC2)c2ccccc21. The summed E-state index contributed by atoms with van der Waals surface area (Å²) in [6.07, 6.45) is 7.60. The predicted octanol–water partition coefficient (Wildman–Crippen LogP) is 3.48. The van der Waals surface area contributed by atoms with Crippen molar-refractivity contribution in [2.45, 2.75) is 44.4 Å². The number of nitrogens with zero attached hydrogens (tertiary/aromatic N) is 1. The van der Waals surface area contributed by atoms with Gasteiger partial charge in [-0.15, -0.1) is 0 Å². The number of allylic oxidation sites excluding steroid dienone is 1. The summed E-state index contributed by atoms with van der Waals surface area (Å²) in [6.45, 7) is 0.486. The van der Waals surface area contributed by atoms with E-state index >= 15 is 0 Å². The van der Waals surface area contributed by atoms with Gasteiger partial charge in [-0.25, -0.2) is 0 Å². The fraction of sp³-hybridized carbons (Fsp3) is 0.444. The number of amides is 1. The number of rotatable bonds is 3. The van der Waals surface area contributed by atoms with Crippen molar-refractivity contribution < 1.29 is 14.7 Å². The Morgan fingerprint density at radius 2 is 2.05 bits per heavy atom. The second-order valence-corrected chi connectivity index (χ2v) is 6.07. The number of anilines is 1. The van der Waals surface area contributed by atoms with Crippen LogP contribution < -0.4 is 4.90 Å². The smallest absolute Gasteiger partial charge is 0.311 e. The molecule has 1 atom stereocenters. The highest BCUT2D eigenvalue weighted by atomic mass is 16.4. The van der Waals surface area contributed by atoms with Gasteiger partial charge in [-0.05, 0) is 43.7 Å². The summed E-state index contributed by atoms with van der Waals surface area (Å²) in [5.74, 6) is -1.23. The standard InChI is InChI=1S/C18H21NO3/c20-17(12-13-6-2-1-3-7-13)19-11-10-15(18(21)22)14-8-4-5-9-16(14)19/h4-6,8-9,15H,1-3,7,10-12H2,(H,21,22). The highest BCUT2D eigenvalue weighted by molar-refractivity contribution is 5.97. The average Bonchev–Trinajstić information content (AvgIpc) is 2.54. The molecule has 1 N–H and O–H groups in total. The first-order chi connectivity index (χ1) is 10.7. The van der Waals surface area contributed by atoms with Crippen LogP contribution in [-0.4, -0.2) is 23.5 Å². The van der Waals surface area contributed by atoms with Crippen molar-refractivity contribution >= 4 is 17.6 Å². The molecule has 0 fully saturated rings. The second-order valence-electron chi connectivity index (χ2n) is 6.07. The van der Waals surface area contributed by atoms with E-state index in [0.717, 1.165) is 30.5 Å². The molecule has 0 saturated carbocycles. The molecule has 0 aromatic heterocycles. The lowest BCUT2D eigenvalue weighted by atomic mass is 9.89. The molecule has 0 saturated heterocycles. The monoisotopic (exact) mass is 299 g/mol. The van der Waals surface area contributed by atoms with E-state index in [9.17, 15) is 14.7 Å². The molecule has 1 heterocycles. The van der Waals surface area contributed by atoms with Gasteiger partial charge in [-0.3, -0.25) is 9.59 Å². The van der Waals surface area contributed by atoms with Crippen molar-refractivity contribution in [3.63, 3.8) is 0 Å². The summed E-state index contributed by atoms with van der Waals surface area (Å²) in [4.78, 5) is 25.8. The summed E-state index contributed by atoms with van der Waals surface area (Å²) in [6, 6.07) is 7.39. The van der Waals surface area contributed by atoms with Gasteiger partial charge in [-0.2, -0.15) is 0 Å². The van der Waals surface area contributed by atoms with Gasteiger partial charge in [-0.1, -0.05) is 29.8 Å². The molecule has 1 aromatic rings. The third-order valence-electron chi connectivity index (χ3n) is 4.61. The van der Waals surface area contributed by atoms with Crippen molar-refractivity contribution in [2.75, 3.05) is 11.4 Å². The summed E-state index contributed by atoms with van der Waals surface area (Å²) in [5.41, 5.74) is 2.75. The van der Waals surface area contributed by atoms with Gasteiger partial charge < -0.3 is 10.0 Å². The fourth-order valence-electron chi connectivity index (χ4n) is 3.43. The van der Waals surface area contributed by atoms with Crippen molar-refractivity contribution in [3.8, 4) is 0 Å². The Morgan fingerprint density at radius 1 is 1.23 bits per heavy atom. The zero-order valence-electron chi connectivity index (χ0n) is 12.6. The van der Waals surface area contributed by atoms with Crippen molar-refractivity contribution in [2.24, 2.45) is 0 Å². The Kier molecular flexibility index (Phi) is 4.27. The molecule has 1 amide bonds. The lowest BCUT2D eigenvalue weighted by Gasteiger charge is -2.33. The Labute approximate surface area is 130 Å².